The maximum atomic E-state index is 9.31. The molecule has 102 valence electrons. The van der Waals surface area contributed by atoms with Gasteiger partial charge in [0.1, 0.15) is 5.82 Å². The van der Waals surface area contributed by atoms with Crippen LogP contribution in [0.1, 0.15) is 11.1 Å². The van der Waals surface area contributed by atoms with E-state index in [-0.39, 0.29) is 0 Å². The molecule has 0 saturated heterocycles. The standard InChI is InChI=1S/C17H12BrN3/c1-11-5-4-8-15(17(11)18)21-16-9-12(10-19)13-6-2-3-7-14(13)20-16/h2-9H,1H3,(H,20,21). The third kappa shape index (κ3) is 2.61. The molecule has 0 unspecified atom stereocenters. The molecule has 0 aliphatic carbocycles. The highest BCUT2D eigenvalue weighted by Crippen LogP contribution is 2.29. The predicted octanol–water partition coefficient (Wildman–Crippen LogP) is 4.92. The summed E-state index contributed by atoms with van der Waals surface area (Å²) < 4.78 is 0.999. The number of fused-ring (bicyclic) bond motifs is 1. The van der Waals surface area contributed by atoms with E-state index in [4.69, 9.17) is 0 Å². The maximum absolute atomic E-state index is 9.31. The van der Waals surface area contributed by atoms with Gasteiger partial charge in [-0.15, -0.1) is 0 Å². The lowest BCUT2D eigenvalue weighted by Gasteiger charge is -2.11. The van der Waals surface area contributed by atoms with Gasteiger partial charge < -0.3 is 5.32 Å². The Hall–Kier alpha value is -2.38. The molecule has 0 radical (unpaired) electrons. The Kier molecular flexibility index (Phi) is 3.59. The average molecular weight is 338 g/mol. The molecule has 1 N–H and O–H groups in total. The van der Waals surface area contributed by atoms with E-state index >= 15 is 0 Å². The van der Waals surface area contributed by atoms with Gasteiger partial charge in [-0.3, -0.25) is 0 Å². The van der Waals surface area contributed by atoms with Gasteiger partial charge in [0.15, 0.2) is 0 Å². The molecule has 0 bridgehead atoms. The Labute approximate surface area is 131 Å². The fourth-order valence-corrected chi connectivity index (χ4v) is 2.58. The number of anilines is 2. The van der Waals surface area contributed by atoms with Crippen LogP contribution in [0.5, 0.6) is 0 Å². The van der Waals surface area contributed by atoms with Gasteiger partial charge in [0, 0.05) is 9.86 Å². The monoisotopic (exact) mass is 337 g/mol. The number of para-hydroxylation sites is 1. The van der Waals surface area contributed by atoms with Crippen molar-refractivity contribution in [3.8, 4) is 6.07 Å². The third-order valence-corrected chi connectivity index (χ3v) is 4.34. The molecule has 3 aromatic rings. The summed E-state index contributed by atoms with van der Waals surface area (Å²) in [6.45, 7) is 2.03. The number of hydrogen-bond donors (Lipinski definition) is 1. The molecule has 0 amide bonds. The zero-order valence-electron chi connectivity index (χ0n) is 11.4. The Morgan fingerprint density at radius 1 is 1.14 bits per heavy atom. The van der Waals surface area contributed by atoms with Crippen molar-refractivity contribution < 1.29 is 0 Å². The molecule has 2 aromatic carbocycles. The third-order valence-electron chi connectivity index (χ3n) is 3.29. The predicted molar refractivity (Wildman–Crippen MR) is 88.6 cm³/mol. The van der Waals surface area contributed by atoms with Crippen LogP contribution in [0, 0.1) is 18.3 Å². The smallest absolute Gasteiger partial charge is 0.132 e. The van der Waals surface area contributed by atoms with E-state index in [9.17, 15) is 5.26 Å². The number of aryl methyl sites for hydroxylation is 1. The van der Waals surface area contributed by atoms with E-state index in [2.05, 4.69) is 32.3 Å². The fourth-order valence-electron chi connectivity index (χ4n) is 2.21. The number of rotatable bonds is 2. The second-order valence-corrected chi connectivity index (χ2v) is 5.54. The number of nitrogens with zero attached hydrogens (tertiary/aromatic N) is 2. The summed E-state index contributed by atoms with van der Waals surface area (Å²) in [6.07, 6.45) is 0. The minimum atomic E-state index is 0.617. The number of benzene rings is 2. The van der Waals surface area contributed by atoms with Crippen molar-refractivity contribution in [3.05, 3.63) is 64.1 Å². The summed E-state index contributed by atoms with van der Waals surface area (Å²) >= 11 is 3.57. The van der Waals surface area contributed by atoms with Crippen LogP contribution in [0.4, 0.5) is 11.5 Å². The SMILES string of the molecule is Cc1cccc(Nc2cc(C#N)c3ccccc3n2)c1Br. The van der Waals surface area contributed by atoms with Crippen LogP contribution >= 0.6 is 15.9 Å². The van der Waals surface area contributed by atoms with Gasteiger partial charge in [0.25, 0.3) is 0 Å². The van der Waals surface area contributed by atoms with Crippen molar-refractivity contribution in [1.29, 1.82) is 5.26 Å². The lowest BCUT2D eigenvalue weighted by atomic mass is 10.1. The summed E-state index contributed by atoms with van der Waals surface area (Å²) in [5.74, 6) is 0.663. The lowest BCUT2D eigenvalue weighted by Crippen LogP contribution is -1.97. The molecule has 1 aromatic heterocycles. The van der Waals surface area contributed by atoms with Gasteiger partial charge in [0.2, 0.25) is 0 Å². The van der Waals surface area contributed by atoms with E-state index in [0.717, 1.165) is 26.6 Å². The zero-order chi connectivity index (χ0) is 14.8. The average Bonchev–Trinajstić information content (AvgIpc) is 2.51. The summed E-state index contributed by atoms with van der Waals surface area (Å²) in [7, 11) is 0. The topological polar surface area (TPSA) is 48.7 Å². The van der Waals surface area contributed by atoms with E-state index in [0.29, 0.717) is 11.4 Å². The Bertz CT molecular complexity index is 866. The number of aromatic nitrogens is 1. The van der Waals surface area contributed by atoms with E-state index in [1.54, 1.807) is 6.07 Å². The molecule has 0 fully saturated rings. The van der Waals surface area contributed by atoms with Crippen LogP contribution in [0.2, 0.25) is 0 Å². The molecule has 0 saturated carbocycles. The second kappa shape index (κ2) is 5.55. The van der Waals surface area contributed by atoms with E-state index in [1.165, 1.54) is 0 Å². The zero-order valence-corrected chi connectivity index (χ0v) is 13.0. The Balaban J connectivity index is 2.09. The molecule has 1 heterocycles. The molecular weight excluding hydrogens is 326 g/mol. The molecule has 0 spiro atoms. The maximum Gasteiger partial charge on any atom is 0.132 e. The number of nitriles is 1. The highest BCUT2D eigenvalue weighted by atomic mass is 79.9. The normalized spacial score (nSPS) is 10.3. The van der Waals surface area contributed by atoms with Crippen molar-refractivity contribution in [2.45, 2.75) is 6.92 Å². The number of pyridine rings is 1. The van der Waals surface area contributed by atoms with Crippen molar-refractivity contribution in [2.24, 2.45) is 0 Å². The number of halogens is 1. The van der Waals surface area contributed by atoms with Gasteiger partial charge in [-0.2, -0.15) is 5.26 Å². The Morgan fingerprint density at radius 3 is 2.76 bits per heavy atom. The molecule has 3 nitrogen and oxygen atoms in total. The first-order valence-electron chi connectivity index (χ1n) is 6.51. The minimum Gasteiger partial charge on any atom is -0.339 e. The van der Waals surface area contributed by atoms with Gasteiger partial charge in [-0.05, 0) is 46.6 Å². The molecule has 0 aliphatic heterocycles. The van der Waals surface area contributed by atoms with Crippen LogP contribution in [0.3, 0.4) is 0 Å². The summed E-state index contributed by atoms with van der Waals surface area (Å²) in [5, 5.41) is 13.5. The van der Waals surface area contributed by atoms with Gasteiger partial charge in [-0.1, -0.05) is 30.3 Å². The highest BCUT2D eigenvalue weighted by molar-refractivity contribution is 9.10. The van der Waals surface area contributed by atoms with Crippen LogP contribution in [0.25, 0.3) is 10.9 Å². The Morgan fingerprint density at radius 2 is 1.95 bits per heavy atom. The van der Waals surface area contributed by atoms with Crippen molar-refractivity contribution >= 4 is 38.3 Å². The first-order valence-corrected chi connectivity index (χ1v) is 7.30. The van der Waals surface area contributed by atoms with Gasteiger partial charge >= 0.3 is 0 Å². The quantitative estimate of drug-likeness (QED) is 0.721. The number of nitrogens with one attached hydrogen (secondary N) is 1. The van der Waals surface area contributed by atoms with Crippen molar-refractivity contribution in [2.75, 3.05) is 5.32 Å². The summed E-state index contributed by atoms with van der Waals surface area (Å²) in [6, 6.07) is 17.6. The first kappa shape index (κ1) is 13.6. The minimum absolute atomic E-state index is 0.617. The van der Waals surface area contributed by atoms with E-state index < -0.39 is 0 Å². The molecule has 3 rings (SSSR count). The molecule has 0 aliphatic rings. The van der Waals surface area contributed by atoms with Crippen molar-refractivity contribution in [1.82, 2.24) is 4.98 Å². The van der Waals surface area contributed by atoms with E-state index in [1.807, 2.05) is 49.4 Å². The van der Waals surface area contributed by atoms with Gasteiger partial charge in [-0.25, -0.2) is 4.98 Å². The highest BCUT2D eigenvalue weighted by Gasteiger charge is 2.07. The van der Waals surface area contributed by atoms with Crippen molar-refractivity contribution in [3.63, 3.8) is 0 Å². The molecule has 4 heteroatoms. The summed E-state index contributed by atoms with van der Waals surface area (Å²) in [5.41, 5.74) is 3.50. The van der Waals surface area contributed by atoms with Crippen LogP contribution in [-0.4, -0.2) is 4.98 Å². The van der Waals surface area contributed by atoms with Crippen LogP contribution in [0.15, 0.2) is 53.0 Å². The van der Waals surface area contributed by atoms with Crippen LogP contribution < -0.4 is 5.32 Å². The summed E-state index contributed by atoms with van der Waals surface area (Å²) in [4.78, 5) is 4.57. The first-order chi connectivity index (χ1) is 10.2. The largest absolute Gasteiger partial charge is 0.339 e. The molecule has 0 atom stereocenters. The fraction of sp³-hybridized carbons (Fsp3) is 0.0588. The second-order valence-electron chi connectivity index (χ2n) is 4.75. The lowest BCUT2D eigenvalue weighted by molar-refractivity contribution is 1.34. The van der Waals surface area contributed by atoms with Gasteiger partial charge in [0.05, 0.1) is 22.8 Å². The molecular formula is C17H12BrN3. The molecule has 21 heavy (non-hydrogen) atoms. The van der Waals surface area contributed by atoms with Crippen LogP contribution in [-0.2, 0) is 0 Å². The number of hydrogen-bond acceptors (Lipinski definition) is 3.